The molecule has 0 heterocycles. The van der Waals surface area contributed by atoms with E-state index in [1.807, 2.05) is 0 Å². The summed E-state index contributed by atoms with van der Waals surface area (Å²) in [4.78, 5) is 13.1. The van der Waals surface area contributed by atoms with Crippen molar-refractivity contribution in [2.45, 2.75) is 50.8 Å². The second kappa shape index (κ2) is 11.1. The smallest absolute Gasteiger partial charge is 0.416 e. The number of hydrogen-bond acceptors (Lipinski definition) is 3. The van der Waals surface area contributed by atoms with Crippen molar-refractivity contribution in [1.82, 2.24) is 0 Å². The molecule has 0 fully saturated rings. The third-order valence-electron chi connectivity index (χ3n) is 6.33. The number of esters is 1. The second-order valence-electron chi connectivity index (χ2n) is 9.49. The Bertz CT molecular complexity index is 1350. The number of nitriles is 1. The fourth-order valence-corrected chi connectivity index (χ4v) is 4.19. The van der Waals surface area contributed by atoms with E-state index < -0.39 is 53.1 Å². The van der Waals surface area contributed by atoms with Crippen LogP contribution >= 0.6 is 0 Å². The van der Waals surface area contributed by atoms with E-state index in [1.54, 1.807) is 19.9 Å². The van der Waals surface area contributed by atoms with Crippen LogP contribution in [0.3, 0.4) is 0 Å². The number of halogens is 7. The molecule has 0 amide bonds. The molecule has 0 aliphatic carbocycles. The third kappa shape index (κ3) is 6.77. The van der Waals surface area contributed by atoms with Crippen molar-refractivity contribution in [1.29, 1.82) is 5.26 Å². The molecule has 3 aromatic rings. The van der Waals surface area contributed by atoms with Crippen LogP contribution in [0.4, 0.5) is 30.7 Å². The zero-order chi connectivity index (χ0) is 29.2. The van der Waals surface area contributed by atoms with Crippen LogP contribution < -0.4 is 0 Å². The van der Waals surface area contributed by atoms with Gasteiger partial charge in [-0.1, -0.05) is 62.4 Å². The minimum absolute atomic E-state index is 0.00524. The van der Waals surface area contributed by atoms with E-state index in [4.69, 9.17) is 4.74 Å². The molecular weight excluding hydrogens is 527 g/mol. The molecule has 3 aromatic carbocycles. The zero-order valence-corrected chi connectivity index (χ0v) is 21.1. The lowest BCUT2D eigenvalue weighted by atomic mass is 9.87. The Balaban J connectivity index is 1.89. The Labute approximate surface area is 220 Å². The topological polar surface area (TPSA) is 50.1 Å². The van der Waals surface area contributed by atoms with Crippen molar-refractivity contribution in [3.8, 4) is 6.07 Å². The zero-order valence-electron chi connectivity index (χ0n) is 21.1. The summed E-state index contributed by atoms with van der Waals surface area (Å²) in [7, 11) is 0. The van der Waals surface area contributed by atoms with Crippen LogP contribution in [0.1, 0.15) is 66.2 Å². The molecule has 0 saturated carbocycles. The van der Waals surface area contributed by atoms with Gasteiger partial charge in [0.15, 0.2) is 5.67 Å². The maximum atomic E-state index is 15.8. The van der Waals surface area contributed by atoms with Crippen molar-refractivity contribution >= 4 is 5.97 Å². The Morgan fingerprint density at radius 2 is 1.23 bits per heavy atom. The van der Waals surface area contributed by atoms with Gasteiger partial charge in [0.2, 0.25) is 6.10 Å². The van der Waals surface area contributed by atoms with Gasteiger partial charge < -0.3 is 4.74 Å². The predicted octanol–water partition coefficient (Wildman–Crippen LogP) is 8.50. The number of alkyl halides is 7. The SMILES string of the molecule is CC(C)C(C(=O)OC(C#N)c1cccc(C(C)(F)c2ccc(C(F)(F)F)cc2)c1)c1cccc(C(F)(F)F)c1. The Hall–Kier alpha value is -3.87. The molecule has 3 atom stereocenters. The summed E-state index contributed by atoms with van der Waals surface area (Å²) in [5.41, 5.74) is -4.06. The lowest BCUT2D eigenvalue weighted by Crippen LogP contribution is -2.23. The number of carbonyl (C=O) groups is 1. The lowest BCUT2D eigenvalue weighted by molar-refractivity contribution is -0.150. The molecular formula is C29H24F7NO2. The predicted molar refractivity (Wildman–Crippen MR) is 129 cm³/mol. The van der Waals surface area contributed by atoms with Crippen LogP contribution in [0.15, 0.2) is 72.8 Å². The third-order valence-corrected chi connectivity index (χ3v) is 6.33. The van der Waals surface area contributed by atoms with E-state index in [0.29, 0.717) is 0 Å². The number of hydrogen-bond donors (Lipinski definition) is 0. The normalized spacial score (nSPS) is 15.2. The summed E-state index contributed by atoms with van der Waals surface area (Å²) in [6.45, 7) is 4.38. The summed E-state index contributed by atoms with van der Waals surface area (Å²) >= 11 is 0. The lowest BCUT2D eigenvalue weighted by Gasteiger charge is -2.24. The van der Waals surface area contributed by atoms with Gasteiger partial charge in [-0.2, -0.15) is 31.6 Å². The maximum Gasteiger partial charge on any atom is 0.416 e. The molecule has 10 heteroatoms. The first-order valence-electron chi connectivity index (χ1n) is 11.8. The quantitative estimate of drug-likeness (QED) is 0.219. The van der Waals surface area contributed by atoms with Crippen LogP contribution in [-0.4, -0.2) is 5.97 Å². The number of ether oxygens (including phenoxy) is 1. The van der Waals surface area contributed by atoms with E-state index in [0.717, 1.165) is 43.3 Å². The molecule has 0 saturated heterocycles. The van der Waals surface area contributed by atoms with E-state index >= 15 is 4.39 Å². The van der Waals surface area contributed by atoms with Crippen LogP contribution in [0.5, 0.6) is 0 Å². The van der Waals surface area contributed by atoms with E-state index in [2.05, 4.69) is 0 Å². The summed E-state index contributed by atoms with van der Waals surface area (Å²) in [6.07, 6.45) is -10.7. The molecule has 0 spiro atoms. The molecule has 3 nitrogen and oxygen atoms in total. The first-order chi connectivity index (χ1) is 18.1. The highest BCUT2D eigenvalue weighted by Gasteiger charge is 2.35. The number of carbonyl (C=O) groups excluding carboxylic acids is 1. The molecule has 3 rings (SSSR count). The van der Waals surface area contributed by atoms with Crippen LogP contribution in [0.2, 0.25) is 0 Å². The van der Waals surface area contributed by atoms with Gasteiger partial charge in [0, 0.05) is 5.56 Å². The molecule has 0 radical (unpaired) electrons. The largest absolute Gasteiger partial charge is 0.441 e. The van der Waals surface area contributed by atoms with Gasteiger partial charge >= 0.3 is 18.3 Å². The van der Waals surface area contributed by atoms with E-state index in [-0.39, 0.29) is 22.3 Å². The highest BCUT2D eigenvalue weighted by atomic mass is 19.4. The number of benzene rings is 3. The van der Waals surface area contributed by atoms with Gasteiger partial charge in [-0.15, -0.1) is 0 Å². The number of nitrogens with zero attached hydrogens (tertiary/aromatic N) is 1. The fraction of sp³-hybridized carbons (Fsp3) is 0.310. The second-order valence-corrected chi connectivity index (χ2v) is 9.49. The summed E-state index contributed by atoms with van der Waals surface area (Å²) < 4.78 is 99.5. The van der Waals surface area contributed by atoms with Crippen LogP contribution in [0, 0.1) is 17.2 Å². The average Bonchev–Trinajstić information content (AvgIpc) is 2.86. The summed E-state index contributed by atoms with van der Waals surface area (Å²) in [5.74, 6) is -2.54. The van der Waals surface area contributed by atoms with Crippen LogP contribution in [-0.2, 0) is 27.6 Å². The molecule has 0 aromatic heterocycles. The van der Waals surface area contributed by atoms with Gasteiger partial charge in [0.1, 0.15) is 6.07 Å². The van der Waals surface area contributed by atoms with Gasteiger partial charge in [0.25, 0.3) is 0 Å². The Kier molecular flexibility index (Phi) is 8.44. The van der Waals surface area contributed by atoms with Crippen molar-refractivity contribution < 1.29 is 40.3 Å². The van der Waals surface area contributed by atoms with Crippen molar-refractivity contribution in [2.75, 3.05) is 0 Å². The van der Waals surface area contributed by atoms with Gasteiger partial charge in [0.05, 0.1) is 17.0 Å². The highest BCUT2D eigenvalue weighted by molar-refractivity contribution is 5.79. The van der Waals surface area contributed by atoms with Crippen LogP contribution in [0.25, 0.3) is 0 Å². The first-order valence-corrected chi connectivity index (χ1v) is 11.8. The monoisotopic (exact) mass is 551 g/mol. The maximum absolute atomic E-state index is 15.8. The summed E-state index contributed by atoms with van der Waals surface area (Å²) in [5, 5.41) is 9.71. The van der Waals surface area contributed by atoms with Gasteiger partial charge in [-0.3, -0.25) is 4.79 Å². The molecule has 3 unspecified atom stereocenters. The van der Waals surface area contributed by atoms with Crippen molar-refractivity contribution in [2.24, 2.45) is 5.92 Å². The standard InChI is InChI=1S/C29H24F7NO2/c1-17(2)25(19-7-5-9-23(15-19)29(34,35)36)26(38)39-24(16-37)18-6-4-8-22(14-18)27(3,30)20-10-12-21(13-11-20)28(31,32)33/h4-15,17,24-25H,1-3H3. The Morgan fingerprint density at radius 3 is 1.74 bits per heavy atom. The molecule has 39 heavy (non-hydrogen) atoms. The molecule has 0 N–H and O–H groups in total. The average molecular weight is 552 g/mol. The fourth-order valence-electron chi connectivity index (χ4n) is 4.19. The van der Waals surface area contributed by atoms with Gasteiger partial charge in [-0.25, -0.2) is 4.39 Å². The molecule has 0 aliphatic rings. The first kappa shape index (κ1) is 29.7. The highest BCUT2D eigenvalue weighted by Crippen LogP contribution is 2.38. The number of rotatable bonds is 7. The minimum Gasteiger partial charge on any atom is -0.441 e. The summed E-state index contributed by atoms with van der Waals surface area (Å²) in [6, 6.07) is 15.1. The Morgan fingerprint density at radius 1 is 0.744 bits per heavy atom. The molecule has 0 bridgehead atoms. The van der Waals surface area contributed by atoms with Gasteiger partial charge in [-0.05, 0) is 53.8 Å². The van der Waals surface area contributed by atoms with E-state index in [1.165, 1.54) is 36.4 Å². The molecule has 0 aliphatic heterocycles. The van der Waals surface area contributed by atoms with E-state index in [9.17, 15) is 36.4 Å². The van der Waals surface area contributed by atoms with Crippen molar-refractivity contribution in [3.63, 3.8) is 0 Å². The van der Waals surface area contributed by atoms with Crippen molar-refractivity contribution in [3.05, 3.63) is 106 Å². The molecule has 206 valence electrons. The minimum atomic E-state index is -4.62.